The molecule has 124 valence electrons. The maximum Gasteiger partial charge on any atom is 0.119 e. The Labute approximate surface area is 138 Å². The molecule has 0 radical (unpaired) electrons. The first-order valence-electron chi connectivity index (χ1n) is 7.79. The predicted molar refractivity (Wildman–Crippen MR) is 91.9 cm³/mol. The van der Waals surface area contributed by atoms with Crippen LogP contribution in [0.3, 0.4) is 0 Å². The van der Waals surface area contributed by atoms with Gasteiger partial charge in [-0.2, -0.15) is 0 Å². The van der Waals surface area contributed by atoms with Crippen molar-refractivity contribution >= 4 is 0 Å². The molecule has 0 bridgehead atoms. The van der Waals surface area contributed by atoms with Gasteiger partial charge in [-0.05, 0) is 55.8 Å². The van der Waals surface area contributed by atoms with Gasteiger partial charge in [0.2, 0.25) is 0 Å². The Bertz CT molecular complexity index is 612. The van der Waals surface area contributed by atoms with Crippen LogP contribution in [0.2, 0.25) is 0 Å². The number of aromatic hydroxyl groups is 1. The van der Waals surface area contributed by atoms with Gasteiger partial charge in [0.05, 0.1) is 13.2 Å². The highest BCUT2D eigenvalue weighted by atomic mass is 16.5. The summed E-state index contributed by atoms with van der Waals surface area (Å²) < 4.78 is 5.20. The second kappa shape index (κ2) is 7.99. The SMILES string of the molecule is COc1cccc(C(O)CN(C)C(C)Cc2ccc(O)cc2)c1. The van der Waals surface area contributed by atoms with Gasteiger partial charge in [-0.15, -0.1) is 0 Å². The van der Waals surface area contributed by atoms with Crippen molar-refractivity contribution in [2.75, 3.05) is 20.7 Å². The van der Waals surface area contributed by atoms with Gasteiger partial charge in [-0.3, -0.25) is 0 Å². The van der Waals surface area contributed by atoms with Crippen molar-refractivity contribution in [3.63, 3.8) is 0 Å². The Morgan fingerprint density at radius 3 is 2.48 bits per heavy atom. The molecule has 2 N–H and O–H groups in total. The summed E-state index contributed by atoms with van der Waals surface area (Å²) in [4.78, 5) is 2.14. The Balaban J connectivity index is 1.94. The summed E-state index contributed by atoms with van der Waals surface area (Å²) in [7, 11) is 3.63. The topological polar surface area (TPSA) is 52.9 Å². The van der Waals surface area contributed by atoms with E-state index in [2.05, 4.69) is 11.8 Å². The highest BCUT2D eigenvalue weighted by Crippen LogP contribution is 2.21. The first-order chi connectivity index (χ1) is 11.0. The Hall–Kier alpha value is -2.04. The van der Waals surface area contributed by atoms with E-state index >= 15 is 0 Å². The third-order valence-corrected chi connectivity index (χ3v) is 4.16. The van der Waals surface area contributed by atoms with Gasteiger partial charge in [0.1, 0.15) is 11.5 Å². The van der Waals surface area contributed by atoms with E-state index in [1.165, 1.54) is 0 Å². The summed E-state index contributed by atoms with van der Waals surface area (Å²) in [5, 5.41) is 19.8. The molecular formula is C19H25NO3. The van der Waals surface area contributed by atoms with E-state index in [9.17, 15) is 10.2 Å². The molecule has 0 saturated carbocycles. The third kappa shape index (κ3) is 4.98. The maximum atomic E-state index is 10.4. The van der Waals surface area contributed by atoms with Crippen molar-refractivity contribution in [1.29, 1.82) is 0 Å². The zero-order valence-corrected chi connectivity index (χ0v) is 13.9. The average Bonchev–Trinajstić information content (AvgIpc) is 2.56. The number of ether oxygens (including phenoxy) is 1. The molecule has 4 nitrogen and oxygen atoms in total. The Morgan fingerprint density at radius 2 is 1.83 bits per heavy atom. The summed E-state index contributed by atoms with van der Waals surface area (Å²) in [6.07, 6.45) is 0.305. The van der Waals surface area contributed by atoms with Gasteiger partial charge in [0, 0.05) is 12.6 Å². The number of phenols is 1. The Kier molecular flexibility index (Phi) is 6.02. The molecule has 4 heteroatoms. The van der Waals surface area contributed by atoms with E-state index in [0.717, 1.165) is 23.3 Å². The van der Waals surface area contributed by atoms with Crippen LogP contribution in [0.25, 0.3) is 0 Å². The van der Waals surface area contributed by atoms with Crippen molar-refractivity contribution < 1.29 is 14.9 Å². The number of rotatable bonds is 7. The van der Waals surface area contributed by atoms with Gasteiger partial charge in [0.15, 0.2) is 0 Å². The number of nitrogens with zero attached hydrogens (tertiary/aromatic N) is 1. The van der Waals surface area contributed by atoms with E-state index in [4.69, 9.17) is 4.74 Å². The Morgan fingerprint density at radius 1 is 1.13 bits per heavy atom. The van der Waals surface area contributed by atoms with E-state index in [1.54, 1.807) is 19.2 Å². The number of benzene rings is 2. The largest absolute Gasteiger partial charge is 0.508 e. The molecule has 0 amide bonds. The number of aliphatic hydroxyl groups is 1. The quantitative estimate of drug-likeness (QED) is 0.825. The third-order valence-electron chi connectivity index (χ3n) is 4.16. The second-order valence-corrected chi connectivity index (χ2v) is 5.95. The van der Waals surface area contributed by atoms with Crippen LogP contribution >= 0.6 is 0 Å². The fourth-order valence-electron chi connectivity index (χ4n) is 2.54. The number of phenolic OH excluding ortho intramolecular Hbond substituents is 1. The molecule has 2 rings (SSSR count). The van der Waals surface area contributed by atoms with Crippen LogP contribution in [0.4, 0.5) is 0 Å². The normalized spacial score (nSPS) is 13.8. The molecule has 0 heterocycles. The van der Waals surface area contributed by atoms with E-state index < -0.39 is 6.10 Å². The maximum absolute atomic E-state index is 10.4. The van der Waals surface area contributed by atoms with Gasteiger partial charge in [-0.1, -0.05) is 24.3 Å². The highest BCUT2D eigenvalue weighted by Gasteiger charge is 2.16. The smallest absolute Gasteiger partial charge is 0.119 e. The highest BCUT2D eigenvalue weighted by molar-refractivity contribution is 5.30. The van der Waals surface area contributed by atoms with Crippen LogP contribution < -0.4 is 4.74 Å². The van der Waals surface area contributed by atoms with Crippen molar-refractivity contribution in [2.24, 2.45) is 0 Å². The summed E-state index contributed by atoms with van der Waals surface area (Å²) in [5.41, 5.74) is 2.02. The van der Waals surface area contributed by atoms with Crippen molar-refractivity contribution in [3.05, 3.63) is 59.7 Å². The minimum absolute atomic E-state index is 0.278. The van der Waals surface area contributed by atoms with Crippen molar-refractivity contribution in [1.82, 2.24) is 4.90 Å². The molecular weight excluding hydrogens is 290 g/mol. The molecule has 0 aliphatic heterocycles. The lowest BCUT2D eigenvalue weighted by Gasteiger charge is -2.27. The van der Waals surface area contributed by atoms with Gasteiger partial charge < -0.3 is 19.8 Å². The molecule has 2 aromatic rings. The number of aliphatic hydroxyl groups excluding tert-OH is 1. The van der Waals surface area contributed by atoms with Crippen molar-refractivity contribution in [3.8, 4) is 11.5 Å². The molecule has 0 saturated heterocycles. The van der Waals surface area contributed by atoms with Crippen LogP contribution in [0, 0.1) is 0 Å². The molecule has 0 aromatic heterocycles. The summed E-state index contributed by atoms with van der Waals surface area (Å²) >= 11 is 0. The van der Waals surface area contributed by atoms with Crippen LogP contribution in [0.1, 0.15) is 24.2 Å². The molecule has 0 spiro atoms. The standard InChI is InChI=1S/C19H25NO3/c1-14(11-15-7-9-17(21)10-8-15)20(2)13-19(22)16-5-4-6-18(12-16)23-3/h4-10,12,14,19,21-22H,11,13H2,1-3H3. The zero-order valence-electron chi connectivity index (χ0n) is 13.9. The summed E-state index contributed by atoms with van der Waals surface area (Å²) in [6, 6.07) is 15.1. The number of likely N-dealkylation sites (N-methyl/N-ethyl adjacent to an activating group) is 1. The predicted octanol–water partition coefficient (Wildman–Crippen LogP) is 3.00. The van der Waals surface area contributed by atoms with E-state index in [1.807, 2.05) is 43.4 Å². The van der Waals surface area contributed by atoms with E-state index in [-0.39, 0.29) is 11.8 Å². The molecule has 0 aliphatic carbocycles. The van der Waals surface area contributed by atoms with Crippen LogP contribution in [0.15, 0.2) is 48.5 Å². The molecule has 23 heavy (non-hydrogen) atoms. The fourth-order valence-corrected chi connectivity index (χ4v) is 2.54. The molecule has 2 atom stereocenters. The van der Waals surface area contributed by atoms with Crippen LogP contribution in [-0.2, 0) is 6.42 Å². The summed E-state index contributed by atoms with van der Waals surface area (Å²) in [6.45, 7) is 2.68. The molecule has 2 aromatic carbocycles. The lowest BCUT2D eigenvalue weighted by molar-refractivity contribution is 0.108. The first-order valence-corrected chi connectivity index (χ1v) is 7.79. The number of hydrogen-bond donors (Lipinski definition) is 2. The minimum atomic E-state index is -0.558. The first kappa shape index (κ1) is 17.3. The second-order valence-electron chi connectivity index (χ2n) is 5.95. The minimum Gasteiger partial charge on any atom is -0.508 e. The molecule has 0 aliphatic rings. The van der Waals surface area contributed by atoms with Crippen LogP contribution in [-0.4, -0.2) is 41.9 Å². The van der Waals surface area contributed by atoms with Crippen molar-refractivity contribution in [2.45, 2.75) is 25.5 Å². The van der Waals surface area contributed by atoms with E-state index in [0.29, 0.717) is 6.54 Å². The number of methoxy groups -OCH3 is 1. The van der Waals surface area contributed by atoms with Crippen LogP contribution in [0.5, 0.6) is 11.5 Å². The monoisotopic (exact) mass is 315 g/mol. The molecule has 0 fully saturated rings. The fraction of sp³-hybridized carbons (Fsp3) is 0.368. The van der Waals surface area contributed by atoms with Gasteiger partial charge in [0.25, 0.3) is 0 Å². The zero-order chi connectivity index (χ0) is 16.8. The van der Waals surface area contributed by atoms with Gasteiger partial charge >= 0.3 is 0 Å². The lowest BCUT2D eigenvalue weighted by Crippen LogP contribution is -2.34. The summed E-state index contributed by atoms with van der Waals surface area (Å²) in [5.74, 6) is 1.03. The average molecular weight is 315 g/mol. The number of hydrogen-bond acceptors (Lipinski definition) is 4. The van der Waals surface area contributed by atoms with Gasteiger partial charge in [-0.25, -0.2) is 0 Å². The lowest BCUT2D eigenvalue weighted by atomic mass is 10.0. The molecule has 2 unspecified atom stereocenters.